The van der Waals surface area contributed by atoms with Crippen molar-refractivity contribution in [3.63, 3.8) is 0 Å². The molecule has 31 heavy (non-hydrogen) atoms. The van der Waals surface area contributed by atoms with Crippen molar-refractivity contribution in [1.29, 1.82) is 0 Å². The van der Waals surface area contributed by atoms with Gasteiger partial charge in [0.05, 0.1) is 26.1 Å². The standard InChI is InChI=1S/C20H26N6O4.HI/c1-21-20(22-10-14-5-6-16(19(28)30-4)17(9-14)29-3)25-7-8-26(18(27)13-25)15-11-23-24(2)12-15;/h5-6,9,11-12H,7-8,10,13H2,1-4H3,(H,21,22);1H. The fraction of sp³-hybridized carbons (Fsp3) is 0.400. The fourth-order valence-electron chi connectivity index (χ4n) is 3.31. The van der Waals surface area contributed by atoms with E-state index in [2.05, 4.69) is 15.4 Å². The van der Waals surface area contributed by atoms with Crippen LogP contribution in [0.4, 0.5) is 5.69 Å². The number of nitrogens with one attached hydrogen (secondary N) is 1. The lowest BCUT2D eigenvalue weighted by molar-refractivity contribution is -0.120. The van der Waals surface area contributed by atoms with Gasteiger partial charge in [0.25, 0.3) is 0 Å². The number of anilines is 1. The SMILES string of the molecule is CN=C(NCc1ccc(C(=O)OC)c(OC)c1)N1CCN(c2cnn(C)c2)C(=O)C1.I. The second-order valence-electron chi connectivity index (χ2n) is 6.77. The maximum atomic E-state index is 12.6. The van der Waals surface area contributed by atoms with E-state index in [1.165, 1.54) is 14.2 Å². The molecule has 1 aliphatic rings. The second-order valence-corrected chi connectivity index (χ2v) is 6.77. The number of guanidine groups is 1. The summed E-state index contributed by atoms with van der Waals surface area (Å²) in [4.78, 5) is 32.4. The van der Waals surface area contributed by atoms with E-state index in [0.29, 0.717) is 36.9 Å². The van der Waals surface area contributed by atoms with Gasteiger partial charge in [-0.1, -0.05) is 6.07 Å². The third kappa shape index (κ3) is 5.66. The molecule has 2 aromatic rings. The Kier molecular flexibility index (Phi) is 8.65. The first-order valence-electron chi connectivity index (χ1n) is 9.46. The smallest absolute Gasteiger partial charge is 0.341 e. The van der Waals surface area contributed by atoms with E-state index >= 15 is 0 Å². The number of piperazine rings is 1. The molecule has 0 aliphatic carbocycles. The van der Waals surface area contributed by atoms with Gasteiger partial charge < -0.3 is 24.6 Å². The third-order valence-corrected chi connectivity index (χ3v) is 4.86. The van der Waals surface area contributed by atoms with Gasteiger partial charge in [-0.3, -0.25) is 14.5 Å². The molecule has 1 amide bonds. The van der Waals surface area contributed by atoms with E-state index in [9.17, 15) is 9.59 Å². The molecule has 1 aromatic carbocycles. The summed E-state index contributed by atoms with van der Waals surface area (Å²) < 4.78 is 11.7. The van der Waals surface area contributed by atoms with Crippen molar-refractivity contribution < 1.29 is 19.1 Å². The second kappa shape index (κ2) is 11.0. The first-order valence-corrected chi connectivity index (χ1v) is 9.46. The molecule has 1 saturated heterocycles. The number of aliphatic imine (C=N–C) groups is 1. The van der Waals surface area contributed by atoms with Crippen molar-refractivity contribution in [2.45, 2.75) is 6.54 Å². The summed E-state index contributed by atoms with van der Waals surface area (Å²) in [6.45, 7) is 1.87. The molecule has 3 rings (SSSR count). The molecule has 0 atom stereocenters. The number of carbonyl (C=O) groups excluding carboxylic acids is 2. The van der Waals surface area contributed by atoms with Crippen LogP contribution in [0.15, 0.2) is 35.6 Å². The Labute approximate surface area is 198 Å². The van der Waals surface area contributed by atoms with Gasteiger partial charge in [0.1, 0.15) is 17.9 Å². The largest absolute Gasteiger partial charge is 0.496 e. The topological polar surface area (TPSA) is 101 Å². The summed E-state index contributed by atoms with van der Waals surface area (Å²) in [5.41, 5.74) is 2.06. The van der Waals surface area contributed by atoms with E-state index in [0.717, 1.165) is 11.3 Å². The zero-order valence-electron chi connectivity index (χ0n) is 18.0. The normalized spacial score (nSPS) is 14.2. The average molecular weight is 542 g/mol. The summed E-state index contributed by atoms with van der Waals surface area (Å²) >= 11 is 0. The molecule has 1 aromatic heterocycles. The Balaban J connectivity index is 0.00000341. The summed E-state index contributed by atoms with van der Waals surface area (Å²) in [7, 11) is 6.34. The molecular formula is C20H27IN6O4. The molecule has 1 N–H and O–H groups in total. The average Bonchev–Trinajstić information content (AvgIpc) is 3.19. The fourth-order valence-corrected chi connectivity index (χ4v) is 3.31. The summed E-state index contributed by atoms with van der Waals surface area (Å²) in [5.74, 6) is 0.607. The van der Waals surface area contributed by atoms with Crippen molar-refractivity contribution in [3.05, 3.63) is 41.7 Å². The molecule has 0 radical (unpaired) electrons. The molecule has 0 unspecified atom stereocenters. The third-order valence-electron chi connectivity index (χ3n) is 4.86. The van der Waals surface area contributed by atoms with Gasteiger partial charge in [-0.25, -0.2) is 4.79 Å². The molecular weight excluding hydrogens is 515 g/mol. The number of benzene rings is 1. The Morgan fingerprint density at radius 2 is 2.06 bits per heavy atom. The van der Waals surface area contributed by atoms with Gasteiger partial charge in [0, 0.05) is 39.9 Å². The predicted octanol–water partition coefficient (Wildman–Crippen LogP) is 1.26. The molecule has 11 heteroatoms. The number of carbonyl (C=O) groups is 2. The van der Waals surface area contributed by atoms with Crippen LogP contribution >= 0.6 is 24.0 Å². The lowest BCUT2D eigenvalue weighted by Crippen LogP contribution is -2.55. The highest BCUT2D eigenvalue weighted by Crippen LogP contribution is 2.21. The number of halogens is 1. The van der Waals surface area contributed by atoms with Gasteiger partial charge >= 0.3 is 5.97 Å². The van der Waals surface area contributed by atoms with E-state index in [1.807, 2.05) is 24.2 Å². The number of rotatable bonds is 5. The first kappa shape index (κ1) is 24.4. The van der Waals surface area contributed by atoms with Gasteiger partial charge in [0.15, 0.2) is 5.96 Å². The number of nitrogens with zero attached hydrogens (tertiary/aromatic N) is 5. The lowest BCUT2D eigenvalue weighted by atomic mass is 10.1. The van der Waals surface area contributed by atoms with Crippen molar-refractivity contribution >= 4 is 47.5 Å². The minimum Gasteiger partial charge on any atom is -0.496 e. The molecule has 0 bridgehead atoms. The van der Waals surface area contributed by atoms with Gasteiger partial charge in [-0.2, -0.15) is 5.10 Å². The molecule has 1 aliphatic heterocycles. The van der Waals surface area contributed by atoms with Crippen LogP contribution in [-0.2, 0) is 23.1 Å². The first-order chi connectivity index (χ1) is 14.5. The van der Waals surface area contributed by atoms with Crippen molar-refractivity contribution in [2.75, 3.05) is 45.8 Å². The van der Waals surface area contributed by atoms with Crippen LogP contribution in [0.5, 0.6) is 5.75 Å². The monoisotopic (exact) mass is 542 g/mol. The summed E-state index contributed by atoms with van der Waals surface area (Å²) in [6, 6.07) is 5.26. The number of hydrogen-bond acceptors (Lipinski definition) is 6. The van der Waals surface area contributed by atoms with Crippen LogP contribution in [-0.4, -0.2) is 73.4 Å². The quantitative estimate of drug-likeness (QED) is 0.263. The lowest BCUT2D eigenvalue weighted by Gasteiger charge is -2.35. The molecule has 1 fully saturated rings. The van der Waals surface area contributed by atoms with E-state index in [-0.39, 0.29) is 36.4 Å². The minimum absolute atomic E-state index is 0. The van der Waals surface area contributed by atoms with Crippen molar-refractivity contribution in [2.24, 2.45) is 12.0 Å². The molecule has 0 saturated carbocycles. The van der Waals surface area contributed by atoms with Crippen LogP contribution in [0.1, 0.15) is 15.9 Å². The number of methoxy groups -OCH3 is 2. The molecule has 168 valence electrons. The molecule has 10 nitrogen and oxygen atoms in total. The minimum atomic E-state index is -0.452. The van der Waals surface area contributed by atoms with Crippen LogP contribution in [0, 0.1) is 0 Å². The number of ether oxygens (including phenoxy) is 2. The van der Waals surface area contributed by atoms with Crippen LogP contribution in [0.2, 0.25) is 0 Å². The Bertz CT molecular complexity index is 961. The molecule has 0 spiro atoms. The van der Waals surface area contributed by atoms with Crippen LogP contribution in [0.25, 0.3) is 0 Å². The highest BCUT2D eigenvalue weighted by Gasteiger charge is 2.27. The zero-order valence-corrected chi connectivity index (χ0v) is 20.3. The number of aryl methyl sites for hydroxylation is 1. The number of hydrogen-bond donors (Lipinski definition) is 1. The van der Waals surface area contributed by atoms with Gasteiger partial charge in [0.2, 0.25) is 5.91 Å². The maximum Gasteiger partial charge on any atom is 0.341 e. The van der Waals surface area contributed by atoms with E-state index in [4.69, 9.17) is 9.47 Å². The number of amides is 1. The van der Waals surface area contributed by atoms with Crippen LogP contribution < -0.4 is 15.0 Å². The molecule has 2 heterocycles. The maximum absolute atomic E-state index is 12.6. The predicted molar refractivity (Wildman–Crippen MR) is 127 cm³/mol. The van der Waals surface area contributed by atoms with E-state index in [1.54, 1.807) is 35.0 Å². The van der Waals surface area contributed by atoms with Gasteiger partial charge in [-0.15, -0.1) is 24.0 Å². The Morgan fingerprint density at radius 3 is 2.65 bits per heavy atom. The highest BCUT2D eigenvalue weighted by atomic mass is 127. The van der Waals surface area contributed by atoms with Gasteiger partial charge in [-0.05, 0) is 17.7 Å². The number of esters is 1. The zero-order chi connectivity index (χ0) is 21.7. The van der Waals surface area contributed by atoms with Crippen LogP contribution in [0.3, 0.4) is 0 Å². The van der Waals surface area contributed by atoms with Crippen molar-refractivity contribution in [1.82, 2.24) is 20.0 Å². The number of aromatic nitrogens is 2. The Morgan fingerprint density at radius 1 is 1.29 bits per heavy atom. The summed E-state index contributed by atoms with van der Waals surface area (Å²) in [6.07, 6.45) is 3.51. The Hall–Kier alpha value is -2.83. The van der Waals surface area contributed by atoms with E-state index < -0.39 is 5.97 Å². The summed E-state index contributed by atoms with van der Waals surface area (Å²) in [5, 5.41) is 7.40. The van der Waals surface area contributed by atoms with Crippen molar-refractivity contribution in [3.8, 4) is 5.75 Å². The highest BCUT2D eigenvalue weighted by molar-refractivity contribution is 14.0.